The molecule has 1 N–H and O–H groups in total. The van der Waals surface area contributed by atoms with E-state index < -0.39 is 17.7 Å². The first-order valence-corrected chi connectivity index (χ1v) is 6.45. The van der Waals surface area contributed by atoms with E-state index in [0.717, 1.165) is 12.5 Å². The van der Waals surface area contributed by atoms with Crippen LogP contribution in [0.25, 0.3) is 0 Å². The van der Waals surface area contributed by atoms with Crippen molar-refractivity contribution in [1.29, 1.82) is 0 Å². The number of aliphatic hydroxyl groups excluding tert-OH is 1. The van der Waals surface area contributed by atoms with Crippen LogP contribution in [0.1, 0.15) is 24.2 Å². The lowest BCUT2D eigenvalue weighted by molar-refractivity contribution is 0.104. The van der Waals surface area contributed by atoms with E-state index in [1.807, 2.05) is 19.1 Å². The first-order chi connectivity index (χ1) is 9.61. The fourth-order valence-corrected chi connectivity index (χ4v) is 1.86. The Labute approximate surface area is 116 Å². The van der Waals surface area contributed by atoms with Crippen LogP contribution >= 0.6 is 0 Å². The van der Waals surface area contributed by atoms with Gasteiger partial charge in [0.1, 0.15) is 18.5 Å². The molecule has 0 radical (unpaired) electrons. The summed E-state index contributed by atoms with van der Waals surface area (Å²) in [6.45, 7) is 1.91. The predicted octanol–water partition coefficient (Wildman–Crippen LogP) is 3.64. The van der Waals surface area contributed by atoms with E-state index in [-0.39, 0.29) is 12.2 Å². The SMILES string of the molecule is CCc1ccc(OCC(O)c2cccc(F)c2F)cc1. The van der Waals surface area contributed by atoms with Gasteiger partial charge in [-0.25, -0.2) is 8.78 Å². The third-order valence-electron chi connectivity index (χ3n) is 3.08. The zero-order valence-corrected chi connectivity index (χ0v) is 11.1. The van der Waals surface area contributed by atoms with Crippen molar-refractivity contribution in [3.63, 3.8) is 0 Å². The number of aryl methyl sites for hydroxylation is 1. The van der Waals surface area contributed by atoms with Crippen molar-refractivity contribution in [2.45, 2.75) is 19.4 Å². The Balaban J connectivity index is 2.00. The summed E-state index contributed by atoms with van der Waals surface area (Å²) < 4.78 is 31.9. The minimum atomic E-state index is -1.21. The van der Waals surface area contributed by atoms with Crippen molar-refractivity contribution in [3.05, 3.63) is 65.2 Å². The van der Waals surface area contributed by atoms with Crippen molar-refractivity contribution in [2.75, 3.05) is 6.61 Å². The van der Waals surface area contributed by atoms with Gasteiger partial charge in [0.05, 0.1) is 0 Å². The maximum atomic E-state index is 13.5. The summed E-state index contributed by atoms with van der Waals surface area (Å²) in [5.74, 6) is -1.43. The number of hydrogen-bond donors (Lipinski definition) is 1. The zero-order valence-electron chi connectivity index (χ0n) is 11.1. The van der Waals surface area contributed by atoms with E-state index in [1.54, 1.807) is 12.1 Å². The van der Waals surface area contributed by atoms with Gasteiger partial charge in [0.2, 0.25) is 0 Å². The molecule has 2 aromatic carbocycles. The molecule has 0 aliphatic rings. The second-order valence-electron chi connectivity index (χ2n) is 4.47. The molecule has 0 saturated carbocycles. The molecule has 4 heteroatoms. The number of ether oxygens (including phenoxy) is 1. The molecule has 0 aromatic heterocycles. The molecule has 2 nitrogen and oxygen atoms in total. The van der Waals surface area contributed by atoms with Crippen LogP contribution in [0.3, 0.4) is 0 Å². The smallest absolute Gasteiger partial charge is 0.164 e. The molecule has 0 fully saturated rings. The van der Waals surface area contributed by atoms with Gasteiger partial charge in [-0.3, -0.25) is 0 Å². The summed E-state index contributed by atoms with van der Waals surface area (Å²) in [5, 5.41) is 9.86. The minimum Gasteiger partial charge on any atom is -0.491 e. The van der Waals surface area contributed by atoms with Gasteiger partial charge in [-0.1, -0.05) is 31.2 Å². The third-order valence-corrected chi connectivity index (χ3v) is 3.08. The van der Waals surface area contributed by atoms with Gasteiger partial charge >= 0.3 is 0 Å². The summed E-state index contributed by atoms with van der Waals surface area (Å²) in [6.07, 6.45) is -0.284. The fraction of sp³-hybridized carbons (Fsp3) is 0.250. The molecule has 1 unspecified atom stereocenters. The first kappa shape index (κ1) is 14.5. The molecule has 0 aliphatic carbocycles. The lowest BCUT2D eigenvalue weighted by Gasteiger charge is -2.14. The van der Waals surface area contributed by atoms with Gasteiger partial charge in [-0.15, -0.1) is 0 Å². The summed E-state index contributed by atoms with van der Waals surface area (Å²) in [7, 11) is 0. The standard InChI is InChI=1S/C16H16F2O2/c1-2-11-6-8-12(9-7-11)20-10-15(19)13-4-3-5-14(17)16(13)18/h3-9,15,19H,2,10H2,1H3. The maximum Gasteiger partial charge on any atom is 0.164 e. The van der Waals surface area contributed by atoms with Gasteiger partial charge in [-0.2, -0.15) is 0 Å². The average molecular weight is 278 g/mol. The number of hydrogen-bond acceptors (Lipinski definition) is 2. The molecule has 106 valence electrons. The summed E-state index contributed by atoms with van der Waals surface area (Å²) in [6, 6.07) is 11.1. The molecule has 1 atom stereocenters. The molecule has 2 rings (SSSR count). The number of benzene rings is 2. The number of aliphatic hydroxyl groups is 1. The molecule has 0 spiro atoms. The zero-order chi connectivity index (χ0) is 14.5. The van der Waals surface area contributed by atoms with Crippen LogP contribution in [0.5, 0.6) is 5.75 Å². The monoisotopic (exact) mass is 278 g/mol. The van der Waals surface area contributed by atoms with Crippen molar-refractivity contribution in [2.24, 2.45) is 0 Å². The second-order valence-corrected chi connectivity index (χ2v) is 4.47. The Hall–Kier alpha value is -1.94. The summed E-state index contributed by atoms with van der Waals surface area (Å²) >= 11 is 0. The lowest BCUT2D eigenvalue weighted by atomic mass is 10.1. The summed E-state index contributed by atoms with van der Waals surface area (Å²) in [5.41, 5.74) is 1.07. The Morgan fingerprint density at radius 2 is 1.80 bits per heavy atom. The van der Waals surface area contributed by atoms with Gasteiger partial charge in [0.15, 0.2) is 11.6 Å². The number of rotatable bonds is 5. The van der Waals surface area contributed by atoms with Gasteiger partial charge in [0.25, 0.3) is 0 Å². The van der Waals surface area contributed by atoms with E-state index in [4.69, 9.17) is 4.74 Å². The predicted molar refractivity (Wildman–Crippen MR) is 72.6 cm³/mol. The van der Waals surface area contributed by atoms with Gasteiger partial charge in [0, 0.05) is 5.56 Å². The first-order valence-electron chi connectivity index (χ1n) is 6.45. The highest BCUT2D eigenvalue weighted by Crippen LogP contribution is 2.21. The van der Waals surface area contributed by atoms with Crippen LogP contribution in [-0.2, 0) is 6.42 Å². The Morgan fingerprint density at radius 1 is 1.10 bits per heavy atom. The molecular weight excluding hydrogens is 262 g/mol. The molecule has 2 aromatic rings. The van der Waals surface area contributed by atoms with E-state index in [1.165, 1.54) is 17.7 Å². The molecular formula is C16H16F2O2. The summed E-state index contributed by atoms with van der Waals surface area (Å²) in [4.78, 5) is 0. The third kappa shape index (κ3) is 3.33. The molecule has 0 heterocycles. The van der Waals surface area contributed by atoms with Crippen molar-refractivity contribution >= 4 is 0 Å². The number of halogens is 2. The van der Waals surface area contributed by atoms with Crippen LogP contribution in [0, 0.1) is 11.6 Å². The lowest BCUT2D eigenvalue weighted by Crippen LogP contribution is -2.12. The molecule has 0 amide bonds. The van der Waals surface area contributed by atoms with Crippen molar-refractivity contribution in [3.8, 4) is 5.75 Å². The van der Waals surface area contributed by atoms with Crippen LogP contribution in [0.2, 0.25) is 0 Å². The topological polar surface area (TPSA) is 29.5 Å². The van der Waals surface area contributed by atoms with Crippen molar-refractivity contribution in [1.82, 2.24) is 0 Å². The van der Waals surface area contributed by atoms with Crippen LogP contribution in [0.4, 0.5) is 8.78 Å². The van der Waals surface area contributed by atoms with Crippen LogP contribution < -0.4 is 4.74 Å². The van der Waals surface area contributed by atoms with E-state index in [9.17, 15) is 13.9 Å². The quantitative estimate of drug-likeness (QED) is 0.904. The molecule has 0 aliphatic heterocycles. The van der Waals surface area contributed by atoms with Crippen molar-refractivity contribution < 1.29 is 18.6 Å². The van der Waals surface area contributed by atoms with E-state index in [0.29, 0.717) is 5.75 Å². The van der Waals surface area contributed by atoms with Gasteiger partial charge < -0.3 is 9.84 Å². The highest BCUT2D eigenvalue weighted by Gasteiger charge is 2.16. The maximum absolute atomic E-state index is 13.5. The molecule has 0 bridgehead atoms. The Kier molecular flexibility index (Phi) is 4.69. The highest BCUT2D eigenvalue weighted by molar-refractivity contribution is 5.27. The van der Waals surface area contributed by atoms with E-state index in [2.05, 4.69) is 0 Å². The fourth-order valence-electron chi connectivity index (χ4n) is 1.86. The molecule has 0 saturated heterocycles. The van der Waals surface area contributed by atoms with Crippen LogP contribution in [-0.4, -0.2) is 11.7 Å². The minimum absolute atomic E-state index is 0.102. The largest absolute Gasteiger partial charge is 0.491 e. The van der Waals surface area contributed by atoms with Crippen LogP contribution in [0.15, 0.2) is 42.5 Å². The molecule has 20 heavy (non-hydrogen) atoms. The second kappa shape index (κ2) is 6.48. The van der Waals surface area contributed by atoms with Gasteiger partial charge in [-0.05, 0) is 30.2 Å². The average Bonchev–Trinajstić information content (AvgIpc) is 2.48. The Bertz CT molecular complexity index is 567. The normalized spacial score (nSPS) is 12.2. The Morgan fingerprint density at radius 3 is 2.45 bits per heavy atom. The highest BCUT2D eigenvalue weighted by atomic mass is 19.2. The van der Waals surface area contributed by atoms with E-state index >= 15 is 0 Å².